The van der Waals surface area contributed by atoms with Crippen LogP contribution in [0.1, 0.15) is 28.9 Å². The number of esters is 1. The topological polar surface area (TPSA) is 62.7 Å². The lowest BCUT2D eigenvalue weighted by molar-refractivity contribution is 0.0599. The van der Waals surface area contributed by atoms with Crippen molar-refractivity contribution in [2.24, 2.45) is 11.8 Å². The predicted octanol–water partition coefficient (Wildman–Crippen LogP) is 1.38. The molecule has 2 heterocycles. The van der Waals surface area contributed by atoms with Gasteiger partial charge in [-0.25, -0.2) is 9.78 Å². The number of ether oxygens (including phenoxy) is 1. The fourth-order valence-corrected chi connectivity index (χ4v) is 3.47. The van der Waals surface area contributed by atoms with Crippen molar-refractivity contribution < 1.29 is 14.6 Å². The van der Waals surface area contributed by atoms with Crippen LogP contribution in [0.2, 0.25) is 0 Å². The van der Waals surface area contributed by atoms with Crippen molar-refractivity contribution in [3.05, 3.63) is 23.4 Å². The number of nitrogens with zero attached hydrogens (tertiary/aromatic N) is 2. The van der Waals surface area contributed by atoms with Crippen LogP contribution in [-0.2, 0) is 4.74 Å². The van der Waals surface area contributed by atoms with E-state index in [0.29, 0.717) is 23.1 Å². The number of aliphatic hydroxyl groups excluding tert-OH is 1. The Morgan fingerprint density at radius 3 is 2.85 bits per heavy atom. The van der Waals surface area contributed by atoms with Gasteiger partial charge in [0.15, 0.2) is 0 Å². The zero-order valence-corrected chi connectivity index (χ0v) is 11.9. The number of fused-ring (bicyclic) bond motifs is 1. The van der Waals surface area contributed by atoms with Crippen LogP contribution >= 0.6 is 0 Å². The Balaban J connectivity index is 1.79. The van der Waals surface area contributed by atoms with Gasteiger partial charge in [-0.3, -0.25) is 0 Å². The second-order valence-corrected chi connectivity index (χ2v) is 5.77. The van der Waals surface area contributed by atoms with Gasteiger partial charge < -0.3 is 14.7 Å². The number of pyridine rings is 1. The van der Waals surface area contributed by atoms with Crippen molar-refractivity contribution in [2.75, 3.05) is 25.1 Å². The maximum absolute atomic E-state index is 11.6. The van der Waals surface area contributed by atoms with Crippen molar-refractivity contribution in [3.8, 4) is 0 Å². The van der Waals surface area contributed by atoms with Gasteiger partial charge in [0, 0.05) is 19.0 Å². The van der Waals surface area contributed by atoms with Gasteiger partial charge in [0.1, 0.15) is 5.82 Å². The van der Waals surface area contributed by atoms with E-state index in [4.69, 9.17) is 4.74 Å². The van der Waals surface area contributed by atoms with Crippen molar-refractivity contribution in [3.63, 3.8) is 0 Å². The predicted molar refractivity (Wildman–Crippen MR) is 74.7 cm³/mol. The van der Waals surface area contributed by atoms with Crippen molar-refractivity contribution in [1.82, 2.24) is 4.98 Å². The minimum Gasteiger partial charge on any atom is -0.465 e. The van der Waals surface area contributed by atoms with E-state index in [1.165, 1.54) is 7.11 Å². The highest BCUT2D eigenvalue weighted by molar-refractivity contribution is 5.90. The fraction of sp³-hybridized carbons (Fsp3) is 0.600. The minimum absolute atomic E-state index is 0.166. The number of hydrogen-bond donors (Lipinski definition) is 1. The molecule has 5 heteroatoms. The summed E-state index contributed by atoms with van der Waals surface area (Å²) >= 11 is 0. The lowest BCUT2D eigenvalue weighted by Gasteiger charge is -2.20. The van der Waals surface area contributed by atoms with Crippen LogP contribution in [0.25, 0.3) is 0 Å². The minimum atomic E-state index is -0.352. The Bertz CT molecular complexity index is 532. The SMILES string of the molecule is COC(=O)c1ccc(N2CC3CCC(O)C3C2)nc1C. The molecule has 108 valence electrons. The van der Waals surface area contributed by atoms with Crippen LogP contribution < -0.4 is 4.90 Å². The number of hydrogen-bond acceptors (Lipinski definition) is 5. The maximum atomic E-state index is 11.6. The van der Waals surface area contributed by atoms with Gasteiger partial charge in [-0.05, 0) is 37.8 Å². The first-order valence-corrected chi connectivity index (χ1v) is 7.09. The number of methoxy groups -OCH3 is 1. The molecule has 1 saturated carbocycles. The smallest absolute Gasteiger partial charge is 0.339 e. The average Bonchev–Trinajstić information content (AvgIpc) is 3.00. The molecule has 1 aliphatic carbocycles. The van der Waals surface area contributed by atoms with Gasteiger partial charge in [-0.15, -0.1) is 0 Å². The van der Waals surface area contributed by atoms with Crippen molar-refractivity contribution >= 4 is 11.8 Å². The summed E-state index contributed by atoms with van der Waals surface area (Å²) in [5.41, 5.74) is 1.20. The third kappa shape index (κ3) is 2.16. The summed E-state index contributed by atoms with van der Waals surface area (Å²) in [5, 5.41) is 9.96. The zero-order valence-electron chi connectivity index (χ0n) is 11.9. The Hall–Kier alpha value is -1.62. The highest BCUT2D eigenvalue weighted by Crippen LogP contribution is 2.39. The molecule has 1 aromatic rings. The molecule has 0 aromatic carbocycles. The third-order valence-corrected chi connectivity index (χ3v) is 4.62. The molecule has 2 fully saturated rings. The largest absolute Gasteiger partial charge is 0.465 e. The maximum Gasteiger partial charge on any atom is 0.339 e. The highest BCUT2D eigenvalue weighted by Gasteiger charge is 2.42. The van der Waals surface area contributed by atoms with Crippen LogP contribution in [0, 0.1) is 18.8 Å². The molecule has 1 aromatic heterocycles. The van der Waals surface area contributed by atoms with Gasteiger partial charge in [0.25, 0.3) is 0 Å². The Labute approximate surface area is 118 Å². The van der Waals surface area contributed by atoms with Crippen LogP contribution in [0.4, 0.5) is 5.82 Å². The van der Waals surface area contributed by atoms with E-state index in [2.05, 4.69) is 9.88 Å². The van der Waals surface area contributed by atoms with Gasteiger partial charge in [0.05, 0.1) is 24.5 Å². The molecule has 2 aliphatic rings. The molecular weight excluding hydrogens is 256 g/mol. The van der Waals surface area contributed by atoms with Crippen LogP contribution in [0.15, 0.2) is 12.1 Å². The second kappa shape index (κ2) is 5.05. The van der Waals surface area contributed by atoms with Crippen LogP contribution in [0.3, 0.4) is 0 Å². The number of carbonyl (C=O) groups excluding carboxylic acids is 1. The first kappa shape index (κ1) is 13.4. The van der Waals surface area contributed by atoms with E-state index in [1.54, 1.807) is 6.07 Å². The molecule has 0 radical (unpaired) electrons. The molecule has 5 nitrogen and oxygen atoms in total. The number of rotatable bonds is 2. The van der Waals surface area contributed by atoms with E-state index in [0.717, 1.165) is 31.7 Å². The quantitative estimate of drug-likeness (QED) is 0.827. The summed E-state index contributed by atoms with van der Waals surface area (Å²) in [6.45, 7) is 3.63. The monoisotopic (exact) mass is 276 g/mol. The molecule has 1 aliphatic heterocycles. The summed E-state index contributed by atoms with van der Waals surface area (Å²) in [5.74, 6) is 1.48. The van der Waals surface area contributed by atoms with E-state index in [9.17, 15) is 9.90 Å². The summed E-state index contributed by atoms with van der Waals surface area (Å²) in [4.78, 5) is 18.3. The molecule has 3 atom stereocenters. The first-order valence-electron chi connectivity index (χ1n) is 7.09. The molecule has 0 spiro atoms. The highest BCUT2D eigenvalue weighted by atomic mass is 16.5. The summed E-state index contributed by atoms with van der Waals surface area (Å²) in [7, 11) is 1.37. The van der Waals surface area contributed by atoms with Crippen molar-refractivity contribution in [2.45, 2.75) is 25.9 Å². The van der Waals surface area contributed by atoms with Crippen LogP contribution in [0.5, 0.6) is 0 Å². The van der Waals surface area contributed by atoms with E-state index >= 15 is 0 Å². The molecule has 1 N–H and O–H groups in total. The van der Waals surface area contributed by atoms with Crippen molar-refractivity contribution in [1.29, 1.82) is 0 Å². The van der Waals surface area contributed by atoms with Gasteiger partial charge in [-0.2, -0.15) is 0 Å². The average molecular weight is 276 g/mol. The molecular formula is C15H20N2O3. The zero-order chi connectivity index (χ0) is 14.3. The number of anilines is 1. The second-order valence-electron chi connectivity index (χ2n) is 5.77. The molecule has 20 heavy (non-hydrogen) atoms. The lowest BCUT2D eigenvalue weighted by Crippen LogP contribution is -2.25. The standard InChI is InChI=1S/C15H20N2O3/c1-9-11(15(19)20-2)4-6-14(16-9)17-7-10-3-5-13(18)12(10)8-17/h4,6,10,12-13,18H,3,5,7-8H2,1-2H3. The van der Waals surface area contributed by atoms with Gasteiger partial charge >= 0.3 is 5.97 Å². The number of carbonyl (C=O) groups is 1. The normalized spacial score (nSPS) is 28.6. The Morgan fingerprint density at radius 2 is 2.20 bits per heavy atom. The van der Waals surface area contributed by atoms with Crippen LogP contribution in [-0.4, -0.2) is 42.4 Å². The van der Waals surface area contributed by atoms with E-state index in [1.807, 2.05) is 13.0 Å². The lowest BCUT2D eigenvalue weighted by atomic mass is 10.00. The molecule has 0 amide bonds. The molecule has 3 rings (SSSR count). The number of aryl methyl sites for hydroxylation is 1. The van der Waals surface area contributed by atoms with Gasteiger partial charge in [0.2, 0.25) is 0 Å². The molecule has 3 unspecified atom stereocenters. The Morgan fingerprint density at radius 1 is 1.40 bits per heavy atom. The molecule has 1 saturated heterocycles. The fourth-order valence-electron chi connectivity index (χ4n) is 3.47. The van der Waals surface area contributed by atoms with Gasteiger partial charge in [-0.1, -0.05) is 0 Å². The first-order chi connectivity index (χ1) is 9.60. The number of aromatic nitrogens is 1. The van der Waals surface area contributed by atoms with E-state index < -0.39 is 0 Å². The van der Waals surface area contributed by atoms with E-state index in [-0.39, 0.29) is 12.1 Å². The third-order valence-electron chi connectivity index (χ3n) is 4.62. The summed E-state index contributed by atoms with van der Waals surface area (Å²) < 4.78 is 4.73. The summed E-state index contributed by atoms with van der Waals surface area (Å²) in [6.07, 6.45) is 1.86. The number of aliphatic hydroxyl groups is 1. The molecule has 0 bridgehead atoms. The summed E-state index contributed by atoms with van der Waals surface area (Å²) in [6, 6.07) is 3.64. The Kier molecular flexibility index (Phi) is 3.38.